The van der Waals surface area contributed by atoms with E-state index >= 15 is 0 Å². The van der Waals surface area contributed by atoms with E-state index in [-0.39, 0.29) is 6.42 Å². The van der Waals surface area contributed by atoms with Crippen LogP contribution in [-0.4, -0.2) is 107 Å². The Kier molecular flexibility index (Phi) is 37.5. The highest BCUT2D eigenvalue weighted by atomic mass is 32.3. The van der Waals surface area contributed by atoms with Crippen molar-refractivity contribution in [3.8, 4) is 0 Å². The Hall–Kier alpha value is -1.46. The van der Waals surface area contributed by atoms with Crippen LogP contribution in [0.25, 0.3) is 0 Å². The Morgan fingerprint density at radius 2 is 1.05 bits per heavy atom. The van der Waals surface area contributed by atoms with Gasteiger partial charge in [-0.25, -0.2) is 4.18 Å². The van der Waals surface area contributed by atoms with E-state index in [0.717, 1.165) is 57.8 Å². The fourth-order valence-corrected chi connectivity index (χ4v) is 8.61. The van der Waals surface area contributed by atoms with Gasteiger partial charge in [0.2, 0.25) is 5.91 Å². The first-order valence-electron chi connectivity index (χ1n) is 25.3. The van der Waals surface area contributed by atoms with Gasteiger partial charge in [-0.3, -0.25) is 9.35 Å². The Bertz CT molecular complexity index is 1240. The van der Waals surface area contributed by atoms with Gasteiger partial charge in [0, 0.05) is 0 Å². The van der Waals surface area contributed by atoms with Gasteiger partial charge in [0.1, 0.15) is 30.5 Å². The number of amides is 1. The highest BCUT2D eigenvalue weighted by Gasteiger charge is 2.48. The second kappa shape index (κ2) is 39.7. The van der Waals surface area contributed by atoms with Crippen LogP contribution in [0.2, 0.25) is 0 Å². The summed E-state index contributed by atoms with van der Waals surface area (Å²) in [5.41, 5.74) is 0. The molecule has 1 saturated heterocycles. The summed E-state index contributed by atoms with van der Waals surface area (Å²) in [5, 5.41) is 55.5. The van der Waals surface area contributed by atoms with Crippen LogP contribution in [-0.2, 0) is 28.9 Å². The van der Waals surface area contributed by atoms with E-state index in [4.69, 9.17) is 9.47 Å². The number of allylic oxidation sites excluding steroid dienone is 4. The molecule has 0 aromatic carbocycles. The molecule has 1 rings (SSSR count). The van der Waals surface area contributed by atoms with Gasteiger partial charge in [-0.2, -0.15) is 8.42 Å². The molecule has 0 aromatic rings. The molecule has 0 saturated carbocycles. The summed E-state index contributed by atoms with van der Waals surface area (Å²) < 4.78 is 47.7. The van der Waals surface area contributed by atoms with Crippen molar-refractivity contribution in [2.24, 2.45) is 0 Å². The number of carbonyl (C=O) groups is 1. The average Bonchev–Trinajstić information content (AvgIpc) is 3.25. The standard InChI is InChI=1S/C49H93NO12S/c1-3-5-7-9-11-13-15-17-19-20-21-22-23-24-26-27-29-31-33-35-37-42(52)41(40-60-49-46(55)47(62-63(57,58)59)45(54)44(39-51)61-49)50-48(56)43(53)38-36-34-32-30-28-25-18-16-14-12-10-8-6-4-2/h12,14,16,18,41-47,49,51-55H,3-11,13,15,17,19-40H2,1-2H3,(H,50,56)(H,57,58,59)/b14-12-,18-16-. The molecular weight excluding hydrogens is 827 g/mol. The van der Waals surface area contributed by atoms with Crippen molar-refractivity contribution in [3.63, 3.8) is 0 Å². The van der Waals surface area contributed by atoms with Crippen molar-refractivity contribution in [3.05, 3.63) is 24.3 Å². The minimum atomic E-state index is -5.11. The molecule has 1 aliphatic rings. The summed E-state index contributed by atoms with van der Waals surface area (Å²) in [6.07, 6.45) is 33.6. The van der Waals surface area contributed by atoms with Crippen LogP contribution < -0.4 is 5.32 Å². The van der Waals surface area contributed by atoms with Crippen LogP contribution in [0.15, 0.2) is 24.3 Å². The minimum absolute atomic E-state index is 0.243. The van der Waals surface area contributed by atoms with Gasteiger partial charge in [0.05, 0.1) is 25.4 Å². The smallest absolute Gasteiger partial charge is 0.394 e. The van der Waals surface area contributed by atoms with E-state index in [1.165, 1.54) is 122 Å². The van der Waals surface area contributed by atoms with Crippen molar-refractivity contribution in [1.82, 2.24) is 5.32 Å². The highest BCUT2D eigenvalue weighted by Crippen LogP contribution is 2.26. The zero-order chi connectivity index (χ0) is 46.4. The SMILES string of the molecule is CCCCC/C=C\C=C/CCCCCCCC(O)C(=O)NC(COC1OC(CO)C(O)C(OS(=O)(=O)O)C1O)C(O)CCCCCCCCCCCCCCCCCCCCCC. The predicted molar refractivity (Wildman–Crippen MR) is 251 cm³/mol. The molecule has 7 N–H and O–H groups in total. The quantitative estimate of drug-likeness (QED) is 0.0173. The lowest BCUT2D eigenvalue weighted by molar-refractivity contribution is -0.298. The summed E-state index contributed by atoms with van der Waals surface area (Å²) in [5.74, 6) is -0.680. The normalized spacial score (nSPS) is 21.0. The van der Waals surface area contributed by atoms with Gasteiger partial charge >= 0.3 is 10.4 Å². The highest BCUT2D eigenvalue weighted by molar-refractivity contribution is 7.80. The molecule has 1 amide bonds. The fourth-order valence-electron chi connectivity index (χ4n) is 8.10. The lowest BCUT2D eigenvalue weighted by atomic mass is 9.99. The molecule has 8 atom stereocenters. The van der Waals surface area contributed by atoms with Crippen molar-refractivity contribution in [1.29, 1.82) is 0 Å². The van der Waals surface area contributed by atoms with Crippen LogP contribution in [0.1, 0.15) is 219 Å². The van der Waals surface area contributed by atoms with E-state index in [2.05, 4.69) is 47.7 Å². The van der Waals surface area contributed by atoms with Crippen molar-refractivity contribution >= 4 is 16.3 Å². The molecule has 0 bridgehead atoms. The second-order valence-corrected chi connectivity index (χ2v) is 19.0. The Balaban J connectivity index is 2.50. The van der Waals surface area contributed by atoms with E-state index in [1.807, 2.05) is 0 Å². The lowest BCUT2D eigenvalue weighted by Crippen LogP contribution is -2.61. The molecule has 8 unspecified atom stereocenters. The second-order valence-electron chi connectivity index (χ2n) is 17.9. The van der Waals surface area contributed by atoms with Gasteiger partial charge in [0.25, 0.3) is 0 Å². The third-order valence-corrected chi connectivity index (χ3v) is 12.6. The van der Waals surface area contributed by atoms with E-state index in [0.29, 0.717) is 19.3 Å². The Morgan fingerprint density at radius 3 is 1.51 bits per heavy atom. The third-order valence-electron chi connectivity index (χ3n) is 12.1. The molecule has 1 heterocycles. The maximum atomic E-state index is 13.1. The van der Waals surface area contributed by atoms with Gasteiger partial charge in [0.15, 0.2) is 6.29 Å². The monoisotopic (exact) mass is 920 g/mol. The predicted octanol–water partition coefficient (Wildman–Crippen LogP) is 9.47. The van der Waals surface area contributed by atoms with Crippen LogP contribution in [0.3, 0.4) is 0 Å². The van der Waals surface area contributed by atoms with Gasteiger partial charge < -0.3 is 40.3 Å². The van der Waals surface area contributed by atoms with Crippen molar-refractivity contribution < 1.29 is 57.0 Å². The summed E-state index contributed by atoms with van der Waals surface area (Å²) in [6.45, 7) is 3.25. The summed E-state index contributed by atoms with van der Waals surface area (Å²) in [7, 11) is -5.11. The number of hydrogen-bond acceptors (Lipinski definition) is 11. The molecule has 0 radical (unpaired) electrons. The van der Waals surface area contributed by atoms with Gasteiger partial charge in [-0.05, 0) is 38.5 Å². The molecule has 0 spiro atoms. The zero-order valence-electron chi connectivity index (χ0n) is 39.5. The van der Waals surface area contributed by atoms with E-state index < -0.39 is 78.5 Å². The van der Waals surface area contributed by atoms with Crippen LogP contribution in [0.5, 0.6) is 0 Å². The Morgan fingerprint density at radius 1 is 0.635 bits per heavy atom. The number of unbranched alkanes of at least 4 members (excludes halogenated alkanes) is 27. The topological polar surface area (TPSA) is 212 Å². The van der Waals surface area contributed by atoms with E-state index in [1.54, 1.807) is 0 Å². The summed E-state index contributed by atoms with van der Waals surface area (Å²) in [6, 6.07) is -1.04. The van der Waals surface area contributed by atoms with Crippen molar-refractivity contribution in [2.75, 3.05) is 13.2 Å². The molecule has 63 heavy (non-hydrogen) atoms. The van der Waals surface area contributed by atoms with Crippen LogP contribution in [0.4, 0.5) is 0 Å². The molecule has 14 heteroatoms. The number of hydrogen-bond donors (Lipinski definition) is 7. The molecule has 13 nitrogen and oxygen atoms in total. The summed E-state index contributed by atoms with van der Waals surface area (Å²) in [4.78, 5) is 13.1. The average molecular weight is 920 g/mol. The fraction of sp³-hybridized carbons (Fsp3) is 0.898. The lowest BCUT2D eigenvalue weighted by Gasteiger charge is -2.41. The molecular formula is C49H93NO12S. The molecule has 1 aliphatic heterocycles. The third kappa shape index (κ3) is 32.0. The first-order valence-corrected chi connectivity index (χ1v) is 26.7. The maximum absolute atomic E-state index is 13.1. The molecule has 1 fully saturated rings. The van der Waals surface area contributed by atoms with Gasteiger partial charge in [-0.15, -0.1) is 0 Å². The zero-order valence-corrected chi connectivity index (χ0v) is 40.3. The van der Waals surface area contributed by atoms with Crippen molar-refractivity contribution in [2.45, 2.75) is 268 Å². The number of rotatable bonds is 43. The first kappa shape index (κ1) is 59.6. The summed E-state index contributed by atoms with van der Waals surface area (Å²) >= 11 is 0. The van der Waals surface area contributed by atoms with E-state index in [9.17, 15) is 43.3 Å². The molecule has 372 valence electrons. The number of ether oxygens (including phenoxy) is 2. The number of nitrogens with one attached hydrogen (secondary N) is 1. The molecule has 0 aliphatic carbocycles. The Labute approximate surface area is 383 Å². The number of aliphatic hydroxyl groups excluding tert-OH is 5. The maximum Gasteiger partial charge on any atom is 0.397 e. The van der Waals surface area contributed by atoms with Gasteiger partial charge in [-0.1, -0.05) is 205 Å². The number of aliphatic hydroxyl groups is 5. The first-order chi connectivity index (χ1) is 30.4. The molecule has 0 aromatic heterocycles. The largest absolute Gasteiger partial charge is 0.397 e. The van der Waals surface area contributed by atoms with Crippen LogP contribution >= 0.6 is 0 Å². The van der Waals surface area contributed by atoms with Crippen LogP contribution in [0, 0.1) is 0 Å². The minimum Gasteiger partial charge on any atom is -0.394 e. The number of carbonyl (C=O) groups excluding carboxylic acids is 1.